The molecule has 1 saturated heterocycles. The second kappa shape index (κ2) is 14.2. The van der Waals surface area contributed by atoms with Crippen LogP contribution in [0.3, 0.4) is 0 Å². The zero-order valence-corrected chi connectivity index (χ0v) is 18.4. The van der Waals surface area contributed by atoms with E-state index < -0.39 is 29.0 Å². The molecule has 11 nitrogen and oxygen atoms in total. The van der Waals surface area contributed by atoms with E-state index in [-0.39, 0.29) is 25.5 Å². The number of nitro groups is 1. The highest BCUT2D eigenvalue weighted by Crippen LogP contribution is 2.16. The van der Waals surface area contributed by atoms with E-state index in [1.165, 1.54) is 56.9 Å². The fourth-order valence-corrected chi connectivity index (χ4v) is 3.05. The number of ether oxygens (including phenoxy) is 3. The van der Waals surface area contributed by atoms with Crippen molar-refractivity contribution in [2.75, 3.05) is 26.4 Å². The van der Waals surface area contributed by atoms with Crippen molar-refractivity contribution < 1.29 is 33.1 Å². The lowest BCUT2D eigenvalue weighted by atomic mass is 10.1. The number of hydrogen-bond donors (Lipinski definition) is 0. The molecule has 1 amide bonds. The summed E-state index contributed by atoms with van der Waals surface area (Å²) in [4.78, 5) is 33.5. The molecule has 0 radical (unpaired) electrons. The van der Waals surface area contributed by atoms with Crippen LogP contribution in [0.15, 0.2) is 21.7 Å². The van der Waals surface area contributed by atoms with E-state index in [0.717, 1.165) is 17.9 Å². The van der Waals surface area contributed by atoms with Crippen LogP contribution in [0, 0.1) is 10.1 Å². The summed E-state index contributed by atoms with van der Waals surface area (Å²) in [7, 11) is 0. The molecule has 0 N–H and O–H groups in total. The third kappa shape index (κ3) is 9.46. The Morgan fingerprint density at radius 1 is 1.25 bits per heavy atom. The third-order valence-electron chi connectivity index (χ3n) is 4.76. The Bertz CT molecular complexity index is 764. The third-order valence-corrected chi connectivity index (χ3v) is 4.76. The van der Waals surface area contributed by atoms with E-state index in [0.29, 0.717) is 6.61 Å². The van der Waals surface area contributed by atoms with Crippen LogP contribution in [-0.2, 0) is 19.0 Å². The normalized spacial score (nSPS) is 16.0. The van der Waals surface area contributed by atoms with Gasteiger partial charge in [-0.25, -0.2) is 9.59 Å². The van der Waals surface area contributed by atoms with Crippen LogP contribution >= 0.6 is 0 Å². The Hall–Kier alpha value is -2.95. The van der Waals surface area contributed by atoms with Crippen LogP contribution in [0.4, 0.5) is 10.7 Å². The molecule has 1 aromatic rings. The first kappa shape index (κ1) is 25.3. The molecule has 0 aromatic carbocycles. The number of nitrogens with zero attached hydrogens (tertiary/aromatic N) is 3. The van der Waals surface area contributed by atoms with Crippen LogP contribution in [0.5, 0.6) is 0 Å². The average Bonchev–Trinajstić information content (AvgIpc) is 3.38. The number of amides is 1. The fourth-order valence-electron chi connectivity index (χ4n) is 3.05. The van der Waals surface area contributed by atoms with E-state index >= 15 is 0 Å². The lowest BCUT2D eigenvalue weighted by Gasteiger charge is -2.09. The second-order valence-electron chi connectivity index (χ2n) is 7.48. The van der Waals surface area contributed by atoms with Gasteiger partial charge in [-0.3, -0.25) is 10.1 Å². The average molecular weight is 453 g/mol. The molecule has 2 heterocycles. The molecule has 1 atom stereocenters. The van der Waals surface area contributed by atoms with Gasteiger partial charge >= 0.3 is 17.9 Å². The Balaban J connectivity index is 1.54. The van der Waals surface area contributed by atoms with E-state index in [1.54, 1.807) is 0 Å². The Morgan fingerprint density at radius 3 is 2.66 bits per heavy atom. The summed E-state index contributed by atoms with van der Waals surface area (Å²) in [5.74, 6) is -0.830. The molecule has 0 bridgehead atoms. The number of unbranched alkanes of at least 4 members (excludes halogenated alkanes) is 7. The first-order chi connectivity index (χ1) is 15.5. The Morgan fingerprint density at radius 2 is 1.97 bits per heavy atom. The number of esters is 1. The maximum Gasteiger partial charge on any atom is 0.433 e. The predicted molar refractivity (Wildman–Crippen MR) is 114 cm³/mol. The topological polar surface area (TPSA) is 134 Å². The largest absolute Gasteiger partial charge is 0.460 e. The van der Waals surface area contributed by atoms with E-state index in [4.69, 9.17) is 18.6 Å². The maximum atomic E-state index is 11.8. The fraction of sp³-hybridized carbons (Fsp3) is 0.667. The maximum absolute atomic E-state index is 11.8. The van der Waals surface area contributed by atoms with E-state index in [9.17, 15) is 19.7 Å². The zero-order valence-electron chi connectivity index (χ0n) is 18.4. The van der Waals surface area contributed by atoms with Crippen molar-refractivity contribution in [3.8, 4) is 0 Å². The van der Waals surface area contributed by atoms with Gasteiger partial charge in [-0.1, -0.05) is 51.9 Å². The highest BCUT2D eigenvalue weighted by atomic mass is 16.6. The lowest BCUT2D eigenvalue weighted by Crippen LogP contribution is -2.25. The van der Waals surface area contributed by atoms with Gasteiger partial charge in [0, 0.05) is 6.61 Å². The Kier molecular flexibility index (Phi) is 11.2. The van der Waals surface area contributed by atoms with Gasteiger partial charge < -0.3 is 18.6 Å². The molecule has 1 fully saturated rings. The molecular formula is C21H31N3O8. The van der Waals surface area contributed by atoms with Crippen molar-refractivity contribution in [3.05, 3.63) is 28.0 Å². The summed E-state index contributed by atoms with van der Waals surface area (Å²) in [6.07, 6.45) is 9.33. The van der Waals surface area contributed by atoms with Gasteiger partial charge in [0.1, 0.15) is 18.1 Å². The smallest absolute Gasteiger partial charge is 0.433 e. The Labute approximate surface area is 186 Å². The minimum absolute atomic E-state index is 0.0739. The van der Waals surface area contributed by atoms with Crippen molar-refractivity contribution in [2.45, 2.75) is 64.4 Å². The minimum atomic E-state index is -0.714. The molecule has 1 aliphatic heterocycles. The van der Waals surface area contributed by atoms with Gasteiger partial charge in [-0.2, -0.15) is 10.1 Å². The molecule has 32 heavy (non-hydrogen) atoms. The molecular weight excluding hydrogens is 422 g/mol. The second-order valence-corrected chi connectivity index (χ2v) is 7.48. The molecule has 178 valence electrons. The number of rotatable bonds is 16. The SMILES string of the molecule is CCCCCCCCCCOCC(=O)OCC1CN(N=Cc2ccc([N+](=O)[O-])o2)C(=O)O1. The number of hydrazone groups is 1. The highest BCUT2D eigenvalue weighted by molar-refractivity contribution is 5.78. The van der Waals surface area contributed by atoms with Crippen LogP contribution in [0.2, 0.25) is 0 Å². The molecule has 1 aromatic heterocycles. The number of carbonyl (C=O) groups excluding carboxylic acids is 2. The molecule has 11 heteroatoms. The summed E-state index contributed by atoms with van der Waals surface area (Å²) >= 11 is 0. The van der Waals surface area contributed by atoms with Crippen molar-refractivity contribution in [1.82, 2.24) is 5.01 Å². The highest BCUT2D eigenvalue weighted by Gasteiger charge is 2.32. The van der Waals surface area contributed by atoms with Gasteiger partial charge in [-0.05, 0) is 12.5 Å². The summed E-state index contributed by atoms with van der Waals surface area (Å²) in [6, 6.07) is 2.54. The van der Waals surface area contributed by atoms with Gasteiger partial charge in [0.2, 0.25) is 0 Å². The number of cyclic esters (lactones) is 1. The summed E-state index contributed by atoms with van der Waals surface area (Å²) in [5, 5.41) is 15.5. The number of hydrogen-bond acceptors (Lipinski definition) is 9. The van der Waals surface area contributed by atoms with Gasteiger partial charge in [-0.15, -0.1) is 0 Å². The van der Waals surface area contributed by atoms with Crippen molar-refractivity contribution >= 4 is 24.2 Å². The van der Waals surface area contributed by atoms with Gasteiger partial charge in [0.25, 0.3) is 0 Å². The van der Waals surface area contributed by atoms with Crippen molar-refractivity contribution in [2.24, 2.45) is 5.10 Å². The molecule has 0 saturated carbocycles. The van der Waals surface area contributed by atoms with Crippen molar-refractivity contribution in [1.29, 1.82) is 0 Å². The van der Waals surface area contributed by atoms with Crippen LogP contribution in [0.1, 0.15) is 64.1 Å². The monoisotopic (exact) mass is 453 g/mol. The van der Waals surface area contributed by atoms with Crippen molar-refractivity contribution in [3.63, 3.8) is 0 Å². The quantitative estimate of drug-likeness (QED) is 0.120. The molecule has 0 aliphatic carbocycles. The van der Waals surface area contributed by atoms with Gasteiger partial charge in [0.05, 0.1) is 18.8 Å². The lowest BCUT2D eigenvalue weighted by molar-refractivity contribution is -0.402. The number of furan rings is 1. The van der Waals surface area contributed by atoms with Crippen LogP contribution in [-0.4, -0.2) is 60.7 Å². The number of carbonyl (C=O) groups is 2. The molecule has 1 aliphatic rings. The first-order valence-corrected chi connectivity index (χ1v) is 11.0. The van der Waals surface area contributed by atoms with Crippen LogP contribution in [0.25, 0.3) is 0 Å². The summed E-state index contributed by atoms with van der Waals surface area (Å²) < 4.78 is 20.4. The van der Waals surface area contributed by atoms with Crippen LogP contribution < -0.4 is 0 Å². The standard InChI is InChI=1S/C21H31N3O8/c1-2-3-4-5-6-7-8-9-12-29-16-20(25)30-15-18-14-23(21(26)32-18)22-13-17-10-11-19(31-17)24(27)28/h10-11,13,18H,2-9,12,14-16H2,1H3. The first-order valence-electron chi connectivity index (χ1n) is 11.0. The van der Waals surface area contributed by atoms with E-state index in [1.807, 2.05) is 0 Å². The molecule has 2 rings (SSSR count). The molecule has 1 unspecified atom stereocenters. The minimum Gasteiger partial charge on any atom is -0.460 e. The van der Waals surface area contributed by atoms with Gasteiger partial charge in [0.15, 0.2) is 11.9 Å². The molecule has 0 spiro atoms. The predicted octanol–water partition coefficient (Wildman–Crippen LogP) is 4.04. The zero-order chi connectivity index (χ0) is 23.2. The summed E-state index contributed by atoms with van der Waals surface area (Å²) in [6.45, 7) is 2.54. The summed E-state index contributed by atoms with van der Waals surface area (Å²) in [5.41, 5.74) is 0. The van der Waals surface area contributed by atoms with E-state index in [2.05, 4.69) is 12.0 Å².